The molecule has 3 aliphatic carbocycles. The maximum atomic E-state index is 13.0. The molecular formula is C45H54N6O6. The van der Waals surface area contributed by atoms with Gasteiger partial charge in [-0.2, -0.15) is 15.0 Å². The van der Waals surface area contributed by atoms with Crippen LogP contribution in [-0.2, 0) is 14.2 Å². The van der Waals surface area contributed by atoms with Crippen LogP contribution >= 0.6 is 0 Å². The number of esters is 3. The lowest BCUT2D eigenvalue weighted by Crippen LogP contribution is -2.33. The van der Waals surface area contributed by atoms with Crippen molar-refractivity contribution >= 4 is 52.8 Å². The van der Waals surface area contributed by atoms with Gasteiger partial charge in [0.15, 0.2) is 0 Å². The first kappa shape index (κ1) is 39.7. The summed E-state index contributed by atoms with van der Waals surface area (Å²) in [4.78, 5) is 52.9. The summed E-state index contributed by atoms with van der Waals surface area (Å²) in [6.45, 7) is 6.04. The Kier molecular flexibility index (Phi) is 12.1. The molecule has 1 aromatic heterocycles. The highest BCUT2D eigenvalue weighted by Gasteiger charge is 2.33. The van der Waals surface area contributed by atoms with E-state index in [9.17, 15) is 14.4 Å². The minimum Gasteiger partial charge on any atom is -0.456 e. The van der Waals surface area contributed by atoms with E-state index >= 15 is 0 Å². The second kappa shape index (κ2) is 17.3. The zero-order valence-corrected chi connectivity index (χ0v) is 33.3. The summed E-state index contributed by atoms with van der Waals surface area (Å²) in [6, 6.07) is 21.0. The Morgan fingerprint density at radius 1 is 0.404 bits per heavy atom. The normalized spacial score (nSPS) is 18.4. The van der Waals surface area contributed by atoms with E-state index in [0.717, 1.165) is 77.0 Å². The van der Waals surface area contributed by atoms with Crippen molar-refractivity contribution in [1.29, 1.82) is 0 Å². The van der Waals surface area contributed by atoms with Gasteiger partial charge >= 0.3 is 17.9 Å². The minimum atomic E-state index is -0.433. The molecule has 3 N–H and O–H groups in total. The van der Waals surface area contributed by atoms with Crippen LogP contribution in [0.1, 0.15) is 148 Å². The number of aromatic nitrogens is 3. The summed E-state index contributed by atoms with van der Waals surface area (Å²) >= 11 is 0. The zero-order valence-electron chi connectivity index (χ0n) is 33.3. The predicted molar refractivity (Wildman–Crippen MR) is 220 cm³/mol. The molecule has 0 aliphatic heterocycles. The Hall–Kier alpha value is -5.52. The van der Waals surface area contributed by atoms with Gasteiger partial charge in [-0.3, -0.25) is 0 Å². The first-order valence-corrected chi connectivity index (χ1v) is 20.5. The van der Waals surface area contributed by atoms with Crippen LogP contribution in [0, 0.1) is 0 Å². The van der Waals surface area contributed by atoms with Crippen molar-refractivity contribution in [3.63, 3.8) is 0 Å². The average molecular weight is 775 g/mol. The quantitative estimate of drug-likeness (QED) is 0.0927. The molecule has 12 nitrogen and oxygen atoms in total. The van der Waals surface area contributed by atoms with Gasteiger partial charge in [-0.25, -0.2) is 14.4 Å². The lowest BCUT2D eigenvalue weighted by molar-refractivity contribution is -0.0278. The first-order chi connectivity index (χ1) is 27.4. The third-order valence-corrected chi connectivity index (χ3v) is 11.5. The number of nitrogens with one attached hydrogen (secondary N) is 3. The van der Waals surface area contributed by atoms with Crippen LogP contribution in [0.15, 0.2) is 72.8 Å². The lowest BCUT2D eigenvalue weighted by atomic mass is 9.86. The van der Waals surface area contributed by atoms with Gasteiger partial charge in [0.05, 0.1) is 16.7 Å². The topological polar surface area (TPSA) is 154 Å². The fourth-order valence-electron chi connectivity index (χ4n) is 8.05. The second-order valence-electron chi connectivity index (χ2n) is 16.6. The summed E-state index contributed by atoms with van der Waals surface area (Å²) in [5.74, 6) is -0.303. The first-order valence-electron chi connectivity index (χ1n) is 20.5. The molecule has 0 spiro atoms. The average Bonchev–Trinajstić information content (AvgIpc) is 3.19. The van der Waals surface area contributed by atoms with Crippen molar-refractivity contribution < 1.29 is 28.6 Å². The molecule has 0 unspecified atom stereocenters. The number of nitrogens with zero attached hydrogens (tertiary/aromatic N) is 3. The van der Waals surface area contributed by atoms with Gasteiger partial charge in [0, 0.05) is 17.1 Å². The van der Waals surface area contributed by atoms with E-state index in [1.165, 1.54) is 19.3 Å². The Morgan fingerprint density at radius 3 is 0.860 bits per heavy atom. The van der Waals surface area contributed by atoms with Crippen molar-refractivity contribution in [3.05, 3.63) is 89.5 Å². The number of carbonyl (C=O) groups excluding carboxylic acids is 3. The Bertz CT molecular complexity index is 1770. The van der Waals surface area contributed by atoms with Gasteiger partial charge < -0.3 is 30.2 Å². The van der Waals surface area contributed by atoms with Crippen LogP contribution in [0.3, 0.4) is 0 Å². The molecule has 3 saturated carbocycles. The summed E-state index contributed by atoms with van der Waals surface area (Å²) in [5.41, 5.74) is 2.06. The largest absolute Gasteiger partial charge is 0.456 e. The SMILES string of the molecule is CC1(OC(=O)c2ccc(Nc3nc(Nc4ccc(C(=O)OC5(C)CCCCC5)cc4)nc(Nc4ccc(C(=O)OC5(C)CCCCC5)cc4)n3)cc2)CCCCC1. The number of hydrogen-bond donors (Lipinski definition) is 3. The highest BCUT2D eigenvalue weighted by Crippen LogP contribution is 2.34. The molecule has 300 valence electrons. The maximum absolute atomic E-state index is 13.0. The van der Waals surface area contributed by atoms with Crippen molar-refractivity contribution in [3.8, 4) is 0 Å². The summed E-state index contributed by atoms with van der Waals surface area (Å²) in [7, 11) is 0. The summed E-state index contributed by atoms with van der Waals surface area (Å²) < 4.78 is 17.8. The van der Waals surface area contributed by atoms with Crippen LogP contribution < -0.4 is 16.0 Å². The zero-order chi connectivity index (χ0) is 39.9. The highest BCUT2D eigenvalue weighted by atomic mass is 16.6. The number of carbonyl (C=O) groups is 3. The molecule has 57 heavy (non-hydrogen) atoms. The van der Waals surface area contributed by atoms with E-state index in [0.29, 0.717) is 33.8 Å². The van der Waals surface area contributed by atoms with Crippen LogP contribution in [0.25, 0.3) is 0 Å². The van der Waals surface area contributed by atoms with Crippen molar-refractivity contribution in [2.24, 2.45) is 0 Å². The number of benzene rings is 3. The summed E-state index contributed by atoms with van der Waals surface area (Å²) in [6.07, 6.45) is 15.1. The Morgan fingerprint density at radius 2 is 0.632 bits per heavy atom. The number of hydrogen-bond acceptors (Lipinski definition) is 12. The Labute approximate surface area is 334 Å². The molecule has 0 saturated heterocycles. The highest BCUT2D eigenvalue weighted by molar-refractivity contribution is 5.91. The molecule has 4 aromatic rings. The molecule has 3 aliphatic rings. The lowest BCUT2D eigenvalue weighted by Gasteiger charge is -2.33. The molecule has 3 aromatic carbocycles. The third kappa shape index (κ3) is 10.7. The van der Waals surface area contributed by atoms with Crippen molar-refractivity contribution in [1.82, 2.24) is 15.0 Å². The fraction of sp³-hybridized carbons (Fsp3) is 0.467. The molecule has 12 heteroatoms. The molecule has 0 bridgehead atoms. The van der Waals surface area contributed by atoms with Gasteiger partial charge in [0.1, 0.15) is 16.8 Å². The molecule has 7 rings (SSSR count). The van der Waals surface area contributed by atoms with Gasteiger partial charge in [-0.1, -0.05) is 19.3 Å². The molecule has 3 fully saturated rings. The maximum Gasteiger partial charge on any atom is 0.338 e. The molecule has 0 amide bonds. The number of ether oxygens (including phenoxy) is 3. The van der Waals surface area contributed by atoms with Gasteiger partial charge in [-0.15, -0.1) is 0 Å². The van der Waals surface area contributed by atoms with Crippen LogP contribution in [0.2, 0.25) is 0 Å². The molecule has 0 radical (unpaired) electrons. The number of anilines is 6. The van der Waals surface area contributed by atoms with Crippen molar-refractivity contribution in [2.75, 3.05) is 16.0 Å². The monoisotopic (exact) mass is 774 g/mol. The molecule has 0 atom stereocenters. The van der Waals surface area contributed by atoms with Gasteiger partial charge in [-0.05, 0) is 171 Å². The molecular weight excluding hydrogens is 721 g/mol. The standard InChI is InChI=1S/C45H54N6O6/c1-43(25-7-4-8-26-43)55-37(52)31-13-19-34(20-14-31)46-40-49-41(47-35-21-15-32(16-22-35)38(53)56-44(2)27-9-5-10-28-44)51-42(50-40)48-36-23-17-33(18-24-36)39(54)57-45(3)29-11-6-12-30-45/h13-24H,4-12,25-30H2,1-3H3,(H3,46,47,48,49,50,51). The second-order valence-corrected chi connectivity index (χ2v) is 16.6. The van der Waals surface area contributed by atoms with Crippen molar-refractivity contribution in [2.45, 2.75) is 134 Å². The number of rotatable bonds is 12. The smallest absolute Gasteiger partial charge is 0.338 e. The van der Waals surface area contributed by atoms with E-state index in [2.05, 4.69) is 30.9 Å². The van der Waals surface area contributed by atoms with Crippen LogP contribution in [0.4, 0.5) is 34.9 Å². The van der Waals surface area contributed by atoms with Crippen LogP contribution in [-0.4, -0.2) is 49.7 Å². The van der Waals surface area contributed by atoms with E-state index in [1.54, 1.807) is 72.8 Å². The van der Waals surface area contributed by atoms with E-state index in [4.69, 9.17) is 14.2 Å². The Balaban J connectivity index is 1.06. The predicted octanol–water partition coefficient (Wildman–Crippen LogP) is 10.7. The summed E-state index contributed by atoms with van der Waals surface area (Å²) in [5, 5.41) is 9.68. The van der Waals surface area contributed by atoms with E-state index in [1.807, 2.05) is 20.8 Å². The fourth-order valence-corrected chi connectivity index (χ4v) is 8.05. The van der Waals surface area contributed by atoms with Gasteiger partial charge in [0.2, 0.25) is 17.8 Å². The van der Waals surface area contributed by atoms with Crippen LogP contribution in [0.5, 0.6) is 0 Å². The van der Waals surface area contributed by atoms with Gasteiger partial charge in [0.25, 0.3) is 0 Å². The third-order valence-electron chi connectivity index (χ3n) is 11.5. The van der Waals surface area contributed by atoms with E-state index in [-0.39, 0.29) is 35.8 Å². The minimum absolute atomic E-state index is 0.238. The van der Waals surface area contributed by atoms with E-state index < -0.39 is 16.8 Å². The molecule has 1 heterocycles.